The van der Waals surface area contributed by atoms with Crippen molar-refractivity contribution in [2.24, 2.45) is 0 Å². The molecule has 4 rings (SSSR count). The molecular formula is C19H17FN8. The topological polar surface area (TPSA) is 104 Å². The van der Waals surface area contributed by atoms with Crippen molar-refractivity contribution in [2.75, 3.05) is 10.6 Å². The Bertz CT molecular complexity index is 1040. The molecule has 3 aromatic heterocycles. The molecule has 3 N–H and O–H groups in total. The molecular weight excluding hydrogens is 359 g/mol. The summed E-state index contributed by atoms with van der Waals surface area (Å²) < 4.78 is 13.2. The second kappa shape index (κ2) is 7.78. The summed E-state index contributed by atoms with van der Waals surface area (Å²) in [6.07, 6.45) is 6.45. The fourth-order valence-electron chi connectivity index (χ4n) is 2.64. The van der Waals surface area contributed by atoms with E-state index in [0.29, 0.717) is 23.3 Å². The fraction of sp³-hybridized carbons (Fsp3) is 0.105. The van der Waals surface area contributed by atoms with Gasteiger partial charge in [0.2, 0.25) is 5.95 Å². The third kappa shape index (κ3) is 4.09. The largest absolute Gasteiger partial charge is 0.348 e. The van der Waals surface area contributed by atoms with Crippen molar-refractivity contribution in [3.05, 3.63) is 72.6 Å². The molecule has 0 saturated carbocycles. The minimum absolute atomic E-state index is 0.123. The van der Waals surface area contributed by atoms with Crippen molar-refractivity contribution >= 4 is 17.6 Å². The zero-order valence-corrected chi connectivity index (χ0v) is 15.0. The number of halogens is 1. The van der Waals surface area contributed by atoms with Crippen LogP contribution in [0.5, 0.6) is 0 Å². The van der Waals surface area contributed by atoms with Gasteiger partial charge in [-0.2, -0.15) is 10.1 Å². The number of hydrogen-bond acceptors (Lipinski definition) is 7. The van der Waals surface area contributed by atoms with E-state index >= 15 is 0 Å². The Morgan fingerprint density at radius 3 is 2.57 bits per heavy atom. The summed E-state index contributed by atoms with van der Waals surface area (Å²) in [5, 5.41) is 13.2. The van der Waals surface area contributed by atoms with Crippen molar-refractivity contribution in [2.45, 2.75) is 13.0 Å². The number of nitrogens with zero attached hydrogens (tertiary/aromatic N) is 5. The predicted octanol–water partition coefficient (Wildman–Crippen LogP) is 3.71. The molecule has 0 aliphatic carbocycles. The van der Waals surface area contributed by atoms with Crippen LogP contribution in [0.15, 0.2) is 61.2 Å². The molecule has 0 fully saturated rings. The van der Waals surface area contributed by atoms with E-state index in [2.05, 4.69) is 40.8 Å². The average molecular weight is 376 g/mol. The van der Waals surface area contributed by atoms with Gasteiger partial charge in [0.05, 0.1) is 23.6 Å². The number of hydrogen-bond donors (Lipinski definition) is 3. The van der Waals surface area contributed by atoms with Crippen LogP contribution in [0.2, 0.25) is 0 Å². The normalized spacial score (nSPS) is 11.8. The third-order valence-corrected chi connectivity index (χ3v) is 4.04. The second-order valence-electron chi connectivity index (χ2n) is 6.07. The highest BCUT2D eigenvalue weighted by molar-refractivity contribution is 5.63. The van der Waals surface area contributed by atoms with Gasteiger partial charge in [-0.3, -0.25) is 10.1 Å². The lowest BCUT2D eigenvalue weighted by Crippen LogP contribution is -2.11. The molecule has 9 heteroatoms. The maximum absolute atomic E-state index is 13.2. The molecule has 0 saturated heterocycles. The third-order valence-electron chi connectivity index (χ3n) is 4.04. The van der Waals surface area contributed by atoms with E-state index < -0.39 is 0 Å². The second-order valence-corrected chi connectivity index (χ2v) is 6.07. The zero-order valence-electron chi connectivity index (χ0n) is 15.0. The van der Waals surface area contributed by atoms with Crippen LogP contribution in [0.3, 0.4) is 0 Å². The van der Waals surface area contributed by atoms with Gasteiger partial charge < -0.3 is 10.6 Å². The molecule has 1 unspecified atom stereocenters. The van der Waals surface area contributed by atoms with E-state index in [-0.39, 0.29) is 11.9 Å². The van der Waals surface area contributed by atoms with Crippen molar-refractivity contribution in [1.29, 1.82) is 0 Å². The number of rotatable bonds is 6. The summed E-state index contributed by atoms with van der Waals surface area (Å²) in [4.78, 5) is 17.3. The number of H-pyrrole nitrogens is 1. The van der Waals surface area contributed by atoms with E-state index in [1.165, 1.54) is 12.1 Å². The number of nitrogens with one attached hydrogen (secondary N) is 3. The van der Waals surface area contributed by atoms with Gasteiger partial charge in [0.15, 0.2) is 0 Å². The first kappa shape index (κ1) is 17.5. The van der Waals surface area contributed by atoms with Crippen molar-refractivity contribution < 1.29 is 4.39 Å². The van der Waals surface area contributed by atoms with Crippen LogP contribution in [0.25, 0.3) is 11.4 Å². The van der Waals surface area contributed by atoms with Crippen LogP contribution < -0.4 is 10.6 Å². The summed E-state index contributed by atoms with van der Waals surface area (Å²) in [7, 11) is 0. The molecule has 1 atom stereocenters. The summed E-state index contributed by atoms with van der Waals surface area (Å²) in [6.45, 7) is 1.95. The maximum Gasteiger partial charge on any atom is 0.225 e. The predicted molar refractivity (Wildman–Crippen MR) is 103 cm³/mol. The van der Waals surface area contributed by atoms with Crippen molar-refractivity contribution in [3.8, 4) is 11.4 Å². The lowest BCUT2D eigenvalue weighted by molar-refractivity contribution is 0.626. The smallest absolute Gasteiger partial charge is 0.225 e. The van der Waals surface area contributed by atoms with Crippen LogP contribution in [0, 0.1) is 5.82 Å². The number of benzene rings is 1. The van der Waals surface area contributed by atoms with Gasteiger partial charge in [-0.15, -0.1) is 0 Å². The minimum atomic E-state index is -0.274. The number of aromatic amines is 1. The monoisotopic (exact) mass is 376 g/mol. The molecule has 0 radical (unpaired) electrons. The van der Waals surface area contributed by atoms with E-state index in [1.807, 2.05) is 13.0 Å². The Balaban J connectivity index is 1.64. The Hall–Kier alpha value is -3.88. The molecule has 0 spiro atoms. The summed E-state index contributed by atoms with van der Waals surface area (Å²) in [6, 6.07) is 9.79. The number of anilines is 3. The highest BCUT2D eigenvalue weighted by Crippen LogP contribution is 2.24. The zero-order chi connectivity index (χ0) is 19.3. The summed E-state index contributed by atoms with van der Waals surface area (Å²) in [5.74, 6) is 1.25. The van der Waals surface area contributed by atoms with E-state index in [4.69, 9.17) is 0 Å². The average Bonchev–Trinajstić information content (AvgIpc) is 3.24. The van der Waals surface area contributed by atoms with Crippen molar-refractivity contribution in [1.82, 2.24) is 30.1 Å². The van der Waals surface area contributed by atoms with E-state index in [1.54, 1.807) is 43.0 Å². The molecule has 8 nitrogen and oxygen atoms in total. The summed E-state index contributed by atoms with van der Waals surface area (Å²) in [5.41, 5.74) is 2.33. The molecule has 140 valence electrons. The SMILES string of the molecule is CC(Nc1nc(Nc2cnccn2)cc(-c2ccn[nH]2)n1)c1ccc(F)cc1. The lowest BCUT2D eigenvalue weighted by Gasteiger charge is -2.16. The minimum Gasteiger partial charge on any atom is -0.348 e. The van der Waals surface area contributed by atoms with Gasteiger partial charge in [0.25, 0.3) is 0 Å². The highest BCUT2D eigenvalue weighted by Gasteiger charge is 2.12. The Kier molecular flexibility index (Phi) is 4.87. The van der Waals surface area contributed by atoms with Gasteiger partial charge in [-0.1, -0.05) is 12.1 Å². The molecule has 4 aromatic rings. The van der Waals surface area contributed by atoms with Gasteiger partial charge in [-0.25, -0.2) is 14.4 Å². The first-order valence-electron chi connectivity index (χ1n) is 8.61. The fourth-order valence-corrected chi connectivity index (χ4v) is 2.64. The molecule has 1 aromatic carbocycles. The van der Waals surface area contributed by atoms with Crippen LogP contribution in [0.4, 0.5) is 22.0 Å². The quantitative estimate of drug-likeness (QED) is 0.471. The van der Waals surface area contributed by atoms with Gasteiger partial charge in [0, 0.05) is 24.7 Å². The van der Waals surface area contributed by atoms with Gasteiger partial charge >= 0.3 is 0 Å². The lowest BCUT2D eigenvalue weighted by atomic mass is 10.1. The van der Waals surface area contributed by atoms with Gasteiger partial charge in [-0.05, 0) is 30.7 Å². The Morgan fingerprint density at radius 2 is 1.86 bits per heavy atom. The summed E-state index contributed by atoms with van der Waals surface area (Å²) >= 11 is 0. The molecule has 0 aliphatic rings. The molecule has 28 heavy (non-hydrogen) atoms. The molecule has 0 amide bonds. The van der Waals surface area contributed by atoms with Crippen LogP contribution in [0.1, 0.15) is 18.5 Å². The van der Waals surface area contributed by atoms with Crippen LogP contribution in [-0.4, -0.2) is 30.1 Å². The standard InChI is InChI=1S/C19H17FN8/c1-12(13-2-4-14(20)5-3-13)24-19-25-16(15-6-7-23-28-15)10-17(27-19)26-18-11-21-8-9-22-18/h2-12H,1H3,(H,23,28)(H2,22,24,25,26,27). The maximum atomic E-state index is 13.2. The van der Waals surface area contributed by atoms with Crippen LogP contribution in [-0.2, 0) is 0 Å². The number of aromatic nitrogens is 6. The first-order valence-corrected chi connectivity index (χ1v) is 8.61. The van der Waals surface area contributed by atoms with E-state index in [9.17, 15) is 4.39 Å². The van der Waals surface area contributed by atoms with Gasteiger partial charge in [0.1, 0.15) is 17.5 Å². The Labute approximate surface area is 160 Å². The van der Waals surface area contributed by atoms with Crippen molar-refractivity contribution in [3.63, 3.8) is 0 Å². The molecule has 0 aliphatic heterocycles. The first-order chi connectivity index (χ1) is 13.7. The molecule has 0 bridgehead atoms. The Morgan fingerprint density at radius 1 is 1.00 bits per heavy atom. The molecule has 3 heterocycles. The van der Waals surface area contributed by atoms with E-state index in [0.717, 1.165) is 11.3 Å². The van der Waals surface area contributed by atoms with Crippen LogP contribution >= 0.6 is 0 Å². The highest BCUT2D eigenvalue weighted by atomic mass is 19.1.